The van der Waals surface area contributed by atoms with Crippen LogP contribution in [0, 0.1) is 6.92 Å². The third-order valence-electron chi connectivity index (χ3n) is 2.04. The summed E-state index contributed by atoms with van der Waals surface area (Å²) in [7, 11) is 0. The second-order valence-corrected chi connectivity index (χ2v) is 4.30. The van der Waals surface area contributed by atoms with Crippen LogP contribution in [0.2, 0.25) is 0 Å². The largest absolute Gasteiger partial charge is 0.368 e. The molecule has 78 valence electrons. The molecule has 3 N–H and O–H groups in total. The fourth-order valence-corrected chi connectivity index (χ4v) is 1.41. The summed E-state index contributed by atoms with van der Waals surface area (Å²) in [6, 6.07) is 2.39. The van der Waals surface area contributed by atoms with E-state index in [1.54, 1.807) is 0 Å². The number of aromatic nitrogens is 1. The molecule has 0 aromatic carbocycles. The van der Waals surface area contributed by atoms with E-state index in [4.69, 9.17) is 5.73 Å². The number of rotatable bonds is 4. The van der Waals surface area contributed by atoms with Crippen molar-refractivity contribution < 1.29 is 0 Å². The lowest BCUT2D eigenvalue weighted by molar-refractivity contribution is 0.713. The molecule has 1 aromatic rings. The predicted molar refractivity (Wildman–Crippen MR) is 63.4 cm³/mol. The lowest BCUT2D eigenvalue weighted by Crippen LogP contribution is -2.19. The highest BCUT2D eigenvalue weighted by Crippen LogP contribution is 2.17. The third-order valence-corrected chi connectivity index (χ3v) is 2.87. The predicted octanol–water partition coefficient (Wildman–Crippen LogP) is 2.30. The van der Waals surface area contributed by atoms with Crippen molar-refractivity contribution in [2.45, 2.75) is 26.3 Å². The average molecular weight is 258 g/mol. The van der Waals surface area contributed by atoms with Gasteiger partial charge in [0.1, 0.15) is 5.82 Å². The Kier molecular flexibility index (Phi) is 4.35. The van der Waals surface area contributed by atoms with Crippen LogP contribution in [-0.2, 0) is 0 Å². The molecule has 0 amide bonds. The van der Waals surface area contributed by atoms with Gasteiger partial charge in [-0.05, 0) is 54.4 Å². The number of aryl methyl sites for hydroxylation is 1. The van der Waals surface area contributed by atoms with E-state index in [-0.39, 0.29) is 0 Å². The third kappa shape index (κ3) is 3.27. The molecule has 0 saturated carbocycles. The van der Waals surface area contributed by atoms with Gasteiger partial charge >= 0.3 is 0 Å². The van der Waals surface area contributed by atoms with Gasteiger partial charge in [0.25, 0.3) is 0 Å². The molecule has 0 aliphatic heterocycles. The summed E-state index contributed by atoms with van der Waals surface area (Å²) in [6.45, 7) is 4.85. The minimum atomic E-state index is 0.369. The Morgan fingerprint density at radius 1 is 1.64 bits per heavy atom. The van der Waals surface area contributed by atoms with Gasteiger partial charge in [0.2, 0.25) is 0 Å². The van der Waals surface area contributed by atoms with Crippen molar-refractivity contribution in [3.05, 3.63) is 22.3 Å². The Balaban J connectivity index is 2.63. The molecule has 0 aliphatic rings. The number of nitrogens with one attached hydrogen (secondary N) is 1. The average Bonchev–Trinajstić information content (AvgIpc) is 2.12. The van der Waals surface area contributed by atoms with Gasteiger partial charge in [-0.25, -0.2) is 4.98 Å². The Labute approximate surface area is 93.2 Å². The quantitative estimate of drug-likeness (QED) is 0.871. The fraction of sp³-hybridized carbons (Fsp3) is 0.500. The second kappa shape index (κ2) is 5.32. The maximum absolute atomic E-state index is 5.47. The van der Waals surface area contributed by atoms with Crippen LogP contribution in [0.5, 0.6) is 0 Å². The molecule has 1 heterocycles. The molecule has 1 unspecified atom stereocenters. The molecule has 0 radical (unpaired) electrons. The van der Waals surface area contributed by atoms with Crippen LogP contribution in [0.1, 0.15) is 18.9 Å². The second-order valence-electron chi connectivity index (χ2n) is 3.44. The lowest BCUT2D eigenvalue weighted by Gasteiger charge is -2.13. The molecular formula is C10H16BrN3. The zero-order valence-electron chi connectivity index (χ0n) is 8.55. The van der Waals surface area contributed by atoms with Gasteiger partial charge in [0.15, 0.2) is 0 Å². The topological polar surface area (TPSA) is 50.9 Å². The Bertz CT molecular complexity index is 301. The van der Waals surface area contributed by atoms with E-state index in [0.29, 0.717) is 12.6 Å². The number of hydrogen-bond acceptors (Lipinski definition) is 3. The summed E-state index contributed by atoms with van der Waals surface area (Å²) in [5.41, 5.74) is 6.65. The van der Waals surface area contributed by atoms with Crippen molar-refractivity contribution in [3.8, 4) is 0 Å². The van der Waals surface area contributed by atoms with E-state index in [1.807, 2.05) is 19.2 Å². The summed E-state index contributed by atoms with van der Waals surface area (Å²) in [6.07, 6.45) is 2.77. The van der Waals surface area contributed by atoms with Gasteiger partial charge in [-0.15, -0.1) is 0 Å². The van der Waals surface area contributed by atoms with Crippen LogP contribution >= 0.6 is 15.9 Å². The van der Waals surface area contributed by atoms with E-state index in [1.165, 1.54) is 5.56 Å². The number of pyridine rings is 1. The molecule has 0 fully saturated rings. The van der Waals surface area contributed by atoms with Crippen molar-refractivity contribution in [2.24, 2.45) is 5.73 Å². The molecule has 1 rings (SSSR count). The maximum Gasteiger partial charge on any atom is 0.126 e. The van der Waals surface area contributed by atoms with E-state index in [2.05, 4.69) is 33.2 Å². The van der Waals surface area contributed by atoms with Gasteiger partial charge in [0.05, 0.1) is 0 Å². The Hall–Kier alpha value is -0.610. The fourth-order valence-electron chi connectivity index (χ4n) is 1.19. The zero-order valence-corrected chi connectivity index (χ0v) is 10.1. The molecule has 0 saturated heterocycles. The van der Waals surface area contributed by atoms with Gasteiger partial charge in [-0.2, -0.15) is 0 Å². The van der Waals surface area contributed by atoms with Crippen molar-refractivity contribution in [1.82, 2.24) is 4.98 Å². The monoisotopic (exact) mass is 257 g/mol. The van der Waals surface area contributed by atoms with Gasteiger partial charge in [0, 0.05) is 16.7 Å². The number of nitrogens with zero attached hydrogens (tertiary/aromatic N) is 1. The van der Waals surface area contributed by atoms with Gasteiger partial charge in [-0.1, -0.05) is 0 Å². The van der Waals surface area contributed by atoms with E-state index in [9.17, 15) is 0 Å². The highest BCUT2D eigenvalue weighted by Gasteiger charge is 2.02. The smallest absolute Gasteiger partial charge is 0.126 e. The number of halogens is 1. The summed E-state index contributed by atoms with van der Waals surface area (Å²) in [5.74, 6) is 0.909. The number of anilines is 1. The Morgan fingerprint density at radius 3 is 2.93 bits per heavy atom. The van der Waals surface area contributed by atoms with Crippen molar-refractivity contribution in [2.75, 3.05) is 11.9 Å². The van der Waals surface area contributed by atoms with Crippen LogP contribution in [0.15, 0.2) is 16.7 Å². The van der Waals surface area contributed by atoms with E-state index in [0.717, 1.165) is 16.7 Å². The summed E-state index contributed by atoms with van der Waals surface area (Å²) in [5, 5.41) is 3.30. The summed E-state index contributed by atoms with van der Waals surface area (Å²) in [4.78, 5) is 4.26. The maximum atomic E-state index is 5.47. The van der Waals surface area contributed by atoms with Gasteiger partial charge < -0.3 is 11.1 Å². The van der Waals surface area contributed by atoms with Gasteiger partial charge in [-0.3, -0.25) is 0 Å². The molecule has 0 aliphatic carbocycles. The van der Waals surface area contributed by atoms with Crippen molar-refractivity contribution in [3.63, 3.8) is 0 Å². The molecule has 1 aromatic heterocycles. The van der Waals surface area contributed by atoms with E-state index < -0.39 is 0 Å². The SMILES string of the molecule is Cc1cc(NC(C)CCN)ncc1Br. The number of nitrogens with two attached hydrogens (primary N) is 1. The molecule has 0 spiro atoms. The molecule has 0 bridgehead atoms. The molecule has 4 heteroatoms. The van der Waals surface area contributed by atoms with Crippen LogP contribution in [0.3, 0.4) is 0 Å². The first-order valence-electron chi connectivity index (χ1n) is 4.72. The Morgan fingerprint density at radius 2 is 2.36 bits per heavy atom. The van der Waals surface area contributed by atoms with Crippen molar-refractivity contribution >= 4 is 21.7 Å². The van der Waals surface area contributed by atoms with Crippen molar-refractivity contribution in [1.29, 1.82) is 0 Å². The zero-order chi connectivity index (χ0) is 10.6. The van der Waals surface area contributed by atoms with Crippen LogP contribution in [-0.4, -0.2) is 17.6 Å². The van der Waals surface area contributed by atoms with Crippen LogP contribution in [0.4, 0.5) is 5.82 Å². The normalized spacial score (nSPS) is 12.6. The molecular weight excluding hydrogens is 242 g/mol. The first kappa shape index (κ1) is 11.5. The molecule has 1 atom stereocenters. The number of hydrogen-bond donors (Lipinski definition) is 2. The highest BCUT2D eigenvalue weighted by atomic mass is 79.9. The van der Waals surface area contributed by atoms with Crippen LogP contribution in [0.25, 0.3) is 0 Å². The minimum Gasteiger partial charge on any atom is -0.368 e. The van der Waals surface area contributed by atoms with Crippen LogP contribution < -0.4 is 11.1 Å². The lowest BCUT2D eigenvalue weighted by atomic mass is 10.2. The van der Waals surface area contributed by atoms with E-state index >= 15 is 0 Å². The molecule has 14 heavy (non-hydrogen) atoms. The first-order valence-corrected chi connectivity index (χ1v) is 5.51. The summed E-state index contributed by atoms with van der Waals surface area (Å²) < 4.78 is 1.04. The minimum absolute atomic E-state index is 0.369. The standard InChI is InChI=1S/C10H16BrN3/c1-7-5-10(13-6-9(7)11)14-8(2)3-4-12/h5-6,8H,3-4,12H2,1-2H3,(H,13,14). The highest BCUT2D eigenvalue weighted by molar-refractivity contribution is 9.10. The molecule has 3 nitrogen and oxygen atoms in total. The summed E-state index contributed by atoms with van der Waals surface area (Å²) >= 11 is 3.42. The first-order chi connectivity index (χ1) is 6.63.